The number of fused-ring (bicyclic) bond motifs is 1. The Morgan fingerprint density at radius 3 is 2.74 bits per heavy atom. The predicted octanol–water partition coefficient (Wildman–Crippen LogP) is 8.85. The third-order valence-electron chi connectivity index (χ3n) is 5.72. The molecular formula is C27H23Br2ClN2O3. The van der Waals surface area contributed by atoms with Crippen LogP contribution in [0.2, 0.25) is 5.02 Å². The van der Waals surface area contributed by atoms with Gasteiger partial charge in [0.15, 0.2) is 5.58 Å². The number of benzene rings is 3. The van der Waals surface area contributed by atoms with Gasteiger partial charge in [0.2, 0.25) is 11.8 Å². The largest absolute Gasteiger partial charge is 0.495 e. The highest BCUT2D eigenvalue weighted by atomic mass is 79.9. The number of hydrogen-bond donors (Lipinski definition) is 1. The van der Waals surface area contributed by atoms with Crippen molar-refractivity contribution in [2.24, 2.45) is 0 Å². The monoisotopic (exact) mass is 616 g/mol. The fourth-order valence-corrected chi connectivity index (χ4v) is 5.21. The van der Waals surface area contributed by atoms with Crippen LogP contribution in [-0.4, -0.2) is 18.0 Å². The average Bonchev–Trinajstić information content (AvgIpc) is 3.26. The zero-order chi connectivity index (χ0) is 25.1. The minimum Gasteiger partial charge on any atom is -0.495 e. The lowest BCUT2D eigenvalue weighted by Gasteiger charge is -2.09. The molecule has 0 saturated heterocycles. The molecule has 4 rings (SSSR count). The molecule has 1 atom stereocenters. The molecule has 1 amide bonds. The number of amides is 1. The lowest BCUT2D eigenvalue weighted by Crippen LogP contribution is -2.08. The number of hydrogen-bond acceptors (Lipinski definition) is 4. The van der Waals surface area contributed by atoms with Crippen molar-refractivity contribution < 1.29 is 13.9 Å². The number of carbonyl (C=O) groups is 1. The van der Waals surface area contributed by atoms with Crippen LogP contribution in [0.25, 0.3) is 28.6 Å². The molecule has 5 nitrogen and oxygen atoms in total. The third kappa shape index (κ3) is 5.80. The number of anilines is 1. The van der Waals surface area contributed by atoms with E-state index in [1.165, 1.54) is 11.6 Å². The van der Waals surface area contributed by atoms with E-state index in [2.05, 4.69) is 68.1 Å². The second-order valence-electron chi connectivity index (χ2n) is 8.08. The minimum atomic E-state index is -0.335. The van der Waals surface area contributed by atoms with Crippen LogP contribution in [-0.2, 0) is 4.79 Å². The maximum atomic E-state index is 12.7. The first-order valence-electron chi connectivity index (χ1n) is 11.0. The number of halogens is 3. The molecule has 0 spiro atoms. The van der Waals surface area contributed by atoms with Gasteiger partial charge in [-0.3, -0.25) is 4.79 Å². The Bertz CT molecular complexity index is 1430. The molecular weight excluding hydrogens is 596 g/mol. The van der Waals surface area contributed by atoms with Gasteiger partial charge < -0.3 is 14.5 Å². The van der Waals surface area contributed by atoms with Gasteiger partial charge >= 0.3 is 0 Å². The summed E-state index contributed by atoms with van der Waals surface area (Å²) in [6.45, 7) is 4.35. The van der Waals surface area contributed by atoms with Gasteiger partial charge in [0.25, 0.3) is 0 Å². The SMILES string of the molecule is CC[C@H](C)c1ccc2oc(-c3ccc(Cl)c(NC(=O)/C=C/c4cc(Br)cc(Br)c4OC)c3)nc2c1. The molecule has 0 aliphatic carbocycles. The topological polar surface area (TPSA) is 64.4 Å². The van der Waals surface area contributed by atoms with Gasteiger partial charge in [-0.05, 0) is 82.4 Å². The van der Waals surface area contributed by atoms with E-state index >= 15 is 0 Å². The first-order chi connectivity index (χ1) is 16.8. The molecule has 35 heavy (non-hydrogen) atoms. The number of nitrogens with one attached hydrogen (secondary N) is 1. The van der Waals surface area contributed by atoms with Crippen molar-refractivity contribution >= 4 is 72.2 Å². The van der Waals surface area contributed by atoms with Crippen LogP contribution in [0.3, 0.4) is 0 Å². The number of nitrogens with zero attached hydrogens (tertiary/aromatic N) is 1. The number of oxazole rings is 1. The Balaban J connectivity index is 1.57. The maximum Gasteiger partial charge on any atom is 0.248 e. The molecule has 0 fully saturated rings. The second-order valence-corrected chi connectivity index (χ2v) is 10.3. The minimum absolute atomic E-state index is 0.335. The average molecular weight is 619 g/mol. The van der Waals surface area contributed by atoms with E-state index in [0.717, 1.165) is 26.4 Å². The third-order valence-corrected chi connectivity index (χ3v) is 7.10. The zero-order valence-corrected chi connectivity index (χ0v) is 23.3. The van der Waals surface area contributed by atoms with Crippen LogP contribution in [0.4, 0.5) is 5.69 Å². The number of ether oxygens (including phenoxy) is 1. The Morgan fingerprint density at radius 1 is 1.20 bits per heavy atom. The van der Waals surface area contributed by atoms with Gasteiger partial charge in [-0.2, -0.15) is 0 Å². The molecule has 0 aliphatic heterocycles. The fraction of sp³-hybridized carbons (Fsp3) is 0.185. The van der Waals surface area contributed by atoms with Gasteiger partial charge in [-0.25, -0.2) is 4.98 Å². The van der Waals surface area contributed by atoms with Crippen molar-refractivity contribution in [3.05, 3.63) is 79.7 Å². The summed E-state index contributed by atoms with van der Waals surface area (Å²) in [6.07, 6.45) is 4.16. The Morgan fingerprint density at radius 2 is 2.00 bits per heavy atom. The van der Waals surface area contributed by atoms with Gasteiger partial charge in [0.05, 0.1) is 22.3 Å². The van der Waals surface area contributed by atoms with Crippen molar-refractivity contribution in [1.29, 1.82) is 0 Å². The number of rotatable bonds is 7. The fourth-order valence-electron chi connectivity index (χ4n) is 3.62. The summed E-state index contributed by atoms with van der Waals surface area (Å²) >= 11 is 13.3. The van der Waals surface area contributed by atoms with Crippen molar-refractivity contribution in [3.8, 4) is 17.2 Å². The zero-order valence-electron chi connectivity index (χ0n) is 19.4. The summed E-state index contributed by atoms with van der Waals surface area (Å²) in [6, 6.07) is 15.1. The highest BCUT2D eigenvalue weighted by Gasteiger charge is 2.14. The molecule has 8 heteroatoms. The smallest absolute Gasteiger partial charge is 0.248 e. The second kappa shape index (κ2) is 11.0. The Hall–Kier alpha value is -2.61. The summed E-state index contributed by atoms with van der Waals surface area (Å²) in [4.78, 5) is 17.3. The normalized spacial score (nSPS) is 12.3. The molecule has 0 bridgehead atoms. The Kier molecular flexibility index (Phi) is 7.99. The van der Waals surface area contributed by atoms with Gasteiger partial charge in [0, 0.05) is 21.7 Å². The molecule has 1 aromatic heterocycles. The van der Waals surface area contributed by atoms with Crippen molar-refractivity contribution in [2.45, 2.75) is 26.2 Å². The van der Waals surface area contributed by atoms with Crippen LogP contribution < -0.4 is 10.1 Å². The number of methoxy groups -OCH3 is 1. The van der Waals surface area contributed by atoms with Crippen molar-refractivity contribution in [2.75, 3.05) is 12.4 Å². The van der Waals surface area contributed by atoms with Gasteiger partial charge in [-0.15, -0.1) is 0 Å². The van der Waals surface area contributed by atoms with E-state index in [1.54, 1.807) is 25.3 Å². The standard InChI is InChI=1S/C27H23Br2ClN2O3/c1-4-15(2)16-6-9-24-23(12-16)32-27(35-24)18-5-8-21(30)22(13-18)31-25(33)10-7-17-11-19(28)14-20(29)26(17)34-3/h5-15H,4H2,1-3H3,(H,31,33)/b10-7+/t15-/m0/s1. The van der Waals surface area contributed by atoms with E-state index in [0.29, 0.717) is 39.4 Å². The van der Waals surface area contributed by atoms with Crippen molar-refractivity contribution in [1.82, 2.24) is 4.98 Å². The van der Waals surface area contributed by atoms with Crippen LogP contribution in [0.1, 0.15) is 37.3 Å². The summed E-state index contributed by atoms with van der Waals surface area (Å²) in [5, 5.41) is 3.24. The highest BCUT2D eigenvalue weighted by molar-refractivity contribution is 9.11. The van der Waals surface area contributed by atoms with E-state index < -0.39 is 0 Å². The summed E-state index contributed by atoms with van der Waals surface area (Å²) in [5.74, 6) is 1.21. The lowest BCUT2D eigenvalue weighted by atomic mass is 9.98. The molecule has 0 unspecified atom stereocenters. The first kappa shape index (κ1) is 25.5. The molecule has 0 radical (unpaired) electrons. The van der Waals surface area contributed by atoms with Crippen LogP contribution in [0.5, 0.6) is 5.75 Å². The van der Waals surface area contributed by atoms with E-state index in [-0.39, 0.29) is 5.91 Å². The molecule has 1 heterocycles. The molecule has 3 aromatic carbocycles. The number of aromatic nitrogens is 1. The molecule has 4 aromatic rings. The van der Waals surface area contributed by atoms with Crippen LogP contribution in [0.15, 0.2) is 68.0 Å². The summed E-state index contributed by atoms with van der Waals surface area (Å²) < 4.78 is 13.0. The number of carbonyl (C=O) groups excluding carboxylic acids is 1. The molecule has 0 saturated carbocycles. The summed E-state index contributed by atoms with van der Waals surface area (Å²) in [7, 11) is 1.58. The highest BCUT2D eigenvalue weighted by Crippen LogP contribution is 2.34. The predicted molar refractivity (Wildman–Crippen MR) is 149 cm³/mol. The van der Waals surface area contributed by atoms with Gasteiger partial charge in [0.1, 0.15) is 11.3 Å². The van der Waals surface area contributed by atoms with Crippen molar-refractivity contribution in [3.63, 3.8) is 0 Å². The van der Waals surface area contributed by atoms with E-state index in [9.17, 15) is 4.79 Å². The lowest BCUT2D eigenvalue weighted by molar-refractivity contribution is -0.111. The van der Waals surface area contributed by atoms with E-state index in [4.69, 9.17) is 20.8 Å². The molecule has 180 valence electrons. The summed E-state index contributed by atoms with van der Waals surface area (Å²) in [5.41, 5.74) is 4.66. The van der Waals surface area contributed by atoms with E-state index in [1.807, 2.05) is 24.3 Å². The first-order valence-corrected chi connectivity index (χ1v) is 13.0. The Labute approximate surface area is 225 Å². The van der Waals surface area contributed by atoms with Crippen LogP contribution >= 0.6 is 43.5 Å². The maximum absolute atomic E-state index is 12.7. The van der Waals surface area contributed by atoms with Gasteiger partial charge in [-0.1, -0.05) is 47.4 Å². The molecule has 0 aliphatic rings. The van der Waals surface area contributed by atoms with Crippen LogP contribution in [0, 0.1) is 0 Å². The quantitative estimate of drug-likeness (QED) is 0.210. The molecule has 1 N–H and O–H groups in total.